The molecule has 0 saturated heterocycles. The van der Waals surface area contributed by atoms with Gasteiger partial charge in [-0.15, -0.1) is 6.58 Å². The third kappa shape index (κ3) is 3.81. The number of allylic oxidation sites excluding steroid dienone is 1. The van der Waals surface area contributed by atoms with Crippen LogP contribution in [0.25, 0.3) is 6.08 Å². The van der Waals surface area contributed by atoms with Crippen LogP contribution in [0.3, 0.4) is 0 Å². The van der Waals surface area contributed by atoms with Gasteiger partial charge in [0.1, 0.15) is 6.54 Å². The fourth-order valence-corrected chi connectivity index (χ4v) is 2.29. The van der Waals surface area contributed by atoms with Gasteiger partial charge in [0.25, 0.3) is 0 Å². The van der Waals surface area contributed by atoms with Crippen LogP contribution in [0.15, 0.2) is 41.9 Å². The summed E-state index contributed by atoms with van der Waals surface area (Å²) in [6.07, 6.45) is 8.66. The Kier molecular flexibility index (Phi) is 5.32. The zero-order valence-corrected chi connectivity index (χ0v) is 12.3. The largest absolute Gasteiger partial charge is 0.465 e. The molecule has 4 nitrogen and oxygen atoms in total. The van der Waals surface area contributed by atoms with Gasteiger partial charge in [0.05, 0.1) is 12.9 Å². The van der Waals surface area contributed by atoms with Gasteiger partial charge in [-0.05, 0) is 25.0 Å². The topological polar surface area (TPSA) is 41.9 Å². The van der Waals surface area contributed by atoms with Crippen molar-refractivity contribution in [2.24, 2.45) is 4.99 Å². The summed E-state index contributed by atoms with van der Waals surface area (Å²) in [6.45, 7) is 6.76. The molecule has 1 aliphatic heterocycles. The van der Waals surface area contributed by atoms with Crippen LogP contribution in [-0.4, -0.2) is 32.0 Å². The maximum Gasteiger partial charge on any atom is 0.327 e. The third-order valence-corrected chi connectivity index (χ3v) is 3.18. The number of nitrogens with zero attached hydrogens (tertiary/aromatic N) is 2. The lowest BCUT2D eigenvalue weighted by atomic mass is 9.99. The predicted molar refractivity (Wildman–Crippen MR) is 86.7 cm³/mol. The Morgan fingerprint density at radius 2 is 2.38 bits per heavy atom. The Hall–Kier alpha value is -2.36. The summed E-state index contributed by atoms with van der Waals surface area (Å²) in [5, 5.41) is 0. The molecule has 0 amide bonds. The molecule has 0 radical (unpaired) electrons. The average molecular weight is 284 g/mol. The molecule has 0 aliphatic carbocycles. The fraction of sp³-hybridized carbons (Fsp3) is 0.294. The number of hydrogen-bond donors (Lipinski definition) is 0. The second kappa shape index (κ2) is 7.43. The van der Waals surface area contributed by atoms with E-state index in [9.17, 15) is 4.79 Å². The maximum absolute atomic E-state index is 11.3. The highest BCUT2D eigenvalue weighted by Crippen LogP contribution is 2.28. The van der Waals surface area contributed by atoms with E-state index in [1.165, 1.54) is 11.1 Å². The van der Waals surface area contributed by atoms with Gasteiger partial charge in [0.15, 0.2) is 0 Å². The number of carbonyl (C=O) groups is 1. The van der Waals surface area contributed by atoms with Gasteiger partial charge >= 0.3 is 5.97 Å². The Morgan fingerprint density at radius 1 is 1.52 bits per heavy atom. The van der Waals surface area contributed by atoms with Crippen molar-refractivity contribution in [1.29, 1.82) is 0 Å². The first kappa shape index (κ1) is 15.0. The number of benzene rings is 1. The predicted octanol–water partition coefficient (Wildman–Crippen LogP) is 2.84. The van der Waals surface area contributed by atoms with Crippen LogP contribution >= 0.6 is 0 Å². The fourth-order valence-electron chi connectivity index (χ4n) is 2.29. The Balaban J connectivity index is 2.13. The number of hydrogen-bond acceptors (Lipinski definition) is 3. The van der Waals surface area contributed by atoms with Crippen molar-refractivity contribution < 1.29 is 9.53 Å². The molecule has 4 heteroatoms. The van der Waals surface area contributed by atoms with E-state index in [0.29, 0.717) is 6.61 Å². The first-order chi connectivity index (χ1) is 10.3. The molecule has 1 aliphatic rings. The summed E-state index contributed by atoms with van der Waals surface area (Å²) in [7, 11) is 0. The second-order valence-electron chi connectivity index (χ2n) is 4.66. The van der Waals surface area contributed by atoms with Crippen molar-refractivity contribution in [3.05, 3.63) is 48.1 Å². The molecule has 0 bridgehead atoms. The van der Waals surface area contributed by atoms with E-state index in [1.54, 1.807) is 13.3 Å². The van der Waals surface area contributed by atoms with Crippen molar-refractivity contribution in [3.63, 3.8) is 0 Å². The number of aliphatic imine (C=N–C) groups is 1. The Bertz CT molecular complexity index is 576. The summed E-state index contributed by atoms with van der Waals surface area (Å²) in [6, 6.07) is 6.19. The monoisotopic (exact) mass is 284 g/mol. The smallest absolute Gasteiger partial charge is 0.327 e. The number of rotatable bonds is 6. The molecule has 1 heterocycles. The zero-order chi connectivity index (χ0) is 15.1. The molecule has 110 valence electrons. The lowest BCUT2D eigenvalue weighted by Gasteiger charge is -2.25. The van der Waals surface area contributed by atoms with Gasteiger partial charge in [0.2, 0.25) is 0 Å². The van der Waals surface area contributed by atoms with E-state index in [1.807, 2.05) is 17.0 Å². The Labute approximate surface area is 125 Å². The standard InChI is InChI=1S/C17H20N2O2/c1-3-7-14-8-5-10-16-15(14)9-6-11-19(16)13-18-12-17(20)21-4-2/h3,5-6,8-10,13H,1,4,7,11-12H2,2H3. The summed E-state index contributed by atoms with van der Waals surface area (Å²) >= 11 is 0. The SMILES string of the molecule is C=CCc1cccc2c1C=CCN2C=NCC(=O)OCC. The molecule has 0 fully saturated rings. The molecule has 0 spiro atoms. The quantitative estimate of drug-likeness (QED) is 0.349. The zero-order valence-electron chi connectivity index (χ0n) is 12.3. The number of fused-ring (bicyclic) bond motifs is 1. The first-order valence-corrected chi connectivity index (χ1v) is 7.07. The molecule has 1 aromatic rings. The Morgan fingerprint density at radius 3 is 3.14 bits per heavy atom. The van der Waals surface area contributed by atoms with E-state index in [4.69, 9.17) is 4.74 Å². The van der Waals surface area contributed by atoms with Crippen molar-refractivity contribution in [3.8, 4) is 0 Å². The van der Waals surface area contributed by atoms with Crippen LogP contribution in [0.5, 0.6) is 0 Å². The molecular formula is C17H20N2O2. The lowest BCUT2D eigenvalue weighted by molar-refractivity contribution is -0.141. The molecular weight excluding hydrogens is 264 g/mol. The number of ether oxygens (including phenoxy) is 1. The normalized spacial score (nSPS) is 13.3. The molecule has 2 rings (SSSR count). The second-order valence-corrected chi connectivity index (χ2v) is 4.66. The molecule has 21 heavy (non-hydrogen) atoms. The highest BCUT2D eigenvalue weighted by atomic mass is 16.5. The van der Waals surface area contributed by atoms with Crippen molar-refractivity contribution in [2.75, 3.05) is 24.6 Å². The lowest BCUT2D eigenvalue weighted by Crippen LogP contribution is -2.25. The minimum Gasteiger partial charge on any atom is -0.465 e. The van der Waals surface area contributed by atoms with Crippen LogP contribution in [0.1, 0.15) is 18.1 Å². The highest BCUT2D eigenvalue weighted by Gasteiger charge is 2.13. The van der Waals surface area contributed by atoms with Crippen molar-refractivity contribution >= 4 is 24.1 Å². The maximum atomic E-state index is 11.3. The molecule has 0 N–H and O–H groups in total. The molecule has 0 unspecified atom stereocenters. The highest BCUT2D eigenvalue weighted by molar-refractivity contribution is 5.88. The minimum absolute atomic E-state index is 0.0513. The van der Waals surface area contributed by atoms with E-state index in [0.717, 1.165) is 18.7 Å². The molecule has 0 atom stereocenters. The van der Waals surface area contributed by atoms with E-state index in [2.05, 4.69) is 35.9 Å². The summed E-state index contributed by atoms with van der Waals surface area (Å²) in [5.41, 5.74) is 3.53. The number of anilines is 1. The van der Waals surface area contributed by atoms with Crippen LogP contribution < -0.4 is 4.90 Å². The van der Waals surface area contributed by atoms with Crippen molar-refractivity contribution in [2.45, 2.75) is 13.3 Å². The van der Waals surface area contributed by atoms with Gasteiger partial charge < -0.3 is 9.64 Å². The van der Waals surface area contributed by atoms with Gasteiger partial charge in [-0.3, -0.25) is 9.79 Å². The van der Waals surface area contributed by atoms with E-state index < -0.39 is 0 Å². The van der Waals surface area contributed by atoms with E-state index >= 15 is 0 Å². The number of esters is 1. The van der Waals surface area contributed by atoms with E-state index in [-0.39, 0.29) is 12.5 Å². The summed E-state index contributed by atoms with van der Waals surface area (Å²) in [4.78, 5) is 17.5. The summed E-state index contributed by atoms with van der Waals surface area (Å²) < 4.78 is 4.86. The first-order valence-electron chi connectivity index (χ1n) is 7.07. The average Bonchev–Trinajstić information content (AvgIpc) is 2.48. The minimum atomic E-state index is -0.304. The van der Waals surface area contributed by atoms with Crippen LogP contribution in [0, 0.1) is 0 Å². The van der Waals surface area contributed by atoms with Gasteiger partial charge in [0, 0.05) is 17.8 Å². The third-order valence-electron chi connectivity index (χ3n) is 3.18. The van der Waals surface area contributed by atoms with Crippen LogP contribution in [0.4, 0.5) is 5.69 Å². The van der Waals surface area contributed by atoms with Gasteiger partial charge in [-0.25, -0.2) is 0 Å². The van der Waals surface area contributed by atoms with Gasteiger partial charge in [-0.2, -0.15) is 0 Å². The van der Waals surface area contributed by atoms with Crippen molar-refractivity contribution in [1.82, 2.24) is 0 Å². The van der Waals surface area contributed by atoms with Gasteiger partial charge in [-0.1, -0.05) is 30.4 Å². The molecule has 0 aromatic heterocycles. The molecule has 0 saturated carbocycles. The van der Waals surface area contributed by atoms with Crippen LogP contribution in [0.2, 0.25) is 0 Å². The number of carbonyl (C=O) groups excluding carboxylic acids is 1. The molecule has 1 aromatic carbocycles. The van der Waals surface area contributed by atoms with Crippen LogP contribution in [-0.2, 0) is 16.0 Å². The summed E-state index contributed by atoms with van der Waals surface area (Å²) in [5.74, 6) is -0.304.